The predicted molar refractivity (Wildman–Crippen MR) is 52.7 cm³/mol. The minimum atomic E-state index is -1.21. The second kappa shape index (κ2) is 5.78. The van der Waals surface area contributed by atoms with Gasteiger partial charge in [0.2, 0.25) is 0 Å². The van der Waals surface area contributed by atoms with Crippen LogP contribution in [0.1, 0.15) is 26.7 Å². The Morgan fingerprint density at radius 2 is 1.67 bits per heavy atom. The third-order valence-corrected chi connectivity index (χ3v) is 1.93. The van der Waals surface area contributed by atoms with E-state index in [1.807, 2.05) is 13.8 Å². The van der Waals surface area contributed by atoms with Crippen molar-refractivity contribution in [2.75, 3.05) is 0 Å². The van der Waals surface area contributed by atoms with E-state index >= 15 is 0 Å². The van der Waals surface area contributed by atoms with Crippen LogP contribution in [0.5, 0.6) is 0 Å². The second-order valence-electron chi connectivity index (χ2n) is 2.91. The van der Waals surface area contributed by atoms with Crippen LogP contribution in [-0.2, 0) is 0 Å². The number of nitrogens with zero attached hydrogens (tertiary/aromatic N) is 2. The summed E-state index contributed by atoms with van der Waals surface area (Å²) in [4.78, 5) is 18.4. The smallest absolute Gasteiger partial charge is 0.374 e. The largest absolute Gasteiger partial charge is 0.599 e. The fourth-order valence-electron chi connectivity index (χ4n) is 1.04. The van der Waals surface area contributed by atoms with Gasteiger partial charge in [0.05, 0.1) is 0 Å². The molecule has 86 valence electrons. The van der Waals surface area contributed by atoms with E-state index in [1.165, 1.54) is 0 Å². The molecule has 0 aliphatic rings. The first-order chi connectivity index (χ1) is 6.93. The van der Waals surface area contributed by atoms with Crippen LogP contribution >= 0.6 is 0 Å². The summed E-state index contributed by atoms with van der Waals surface area (Å²) in [6.45, 7) is 3.71. The van der Waals surface area contributed by atoms with Gasteiger partial charge in [-0.05, 0) is 12.8 Å². The molecule has 0 amide bonds. The highest BCUT2D eigenvalue weighted by molar-refractivity contribution is 4.95. The van der Waals surface area contributed by atoms with Crippen molar-refractivity contribution in [2.24, 2.45) is 5.73 Å². The minimum absolute atomic E-state index is 0.0973. The van der Waals surface area contributed by atoms with Crippen LogP contribution in [0.15, 0.2) is 11.6 Å². The molecule has 0 spiro atoms. The maximum Gasteiger partial charge on any atom is 0.599 e. The Labute approximate surface area is 86.4 Å². The zero-order valence-corrected chi connectivity index (χ0v) is 8.60. The summed E-state index contributed by atoms with van der Waals surface area (Å²) in [7, 11) is 0. The zero-order valence-electron chi connectivity index (χ0n) is 8.60. The van der Waals surface area contributed by atoms with Gasteiger partial charge in [0.1, 0.15) is 9.85 Å². The lowest BCUT2D eigenvalue weighted by Gasteiger charge is -2.13. The van der Waals surface area contributed by atoms with Gasteiger partial charge in [-0.1, -0.05) is 13.8 Å². The molecule has 15 heavy (non-hydrogen) atoms. The van der Waals surface area contributed by atoms with E-state index in [0.717, 1.165) is 0 Å². The highest BCUT2D eigenvalue weighted by Gasteiger charge is 2.31. The Balaban J connectivity index is 4.86. The molecule has 0 rings (SSSR count). The first-order valence-corrected chi connectivity index (χ1v) is 4.49. The average Bonchev–Trinajstić information content (AvgIpc) is 2.12. The predicted octanol–water partition coefficient (Wildman–Crippen LogP) is 0.403. The van der Waals surface area contributed by atoms with Crippen LogP contribution in [0.25, 0.3) is 0 Å². The fourth-order valence-corrected chi connectivity index (χ4v) is 1.04. The third kappa shape index (κ3) is 3.79. The number of rotatable bonds is 6. The molecule has 8 heteroatoms. The van der Waals surface area contributed by atoms with E-state index in [2.05, 4.69) is 5.32 Å². The Hall–Kier alpha value is -1.86. The van der Waals surface area contributed by atoms with Gasteiger partial charge in [0.15, 0.2) is 0 Å². The fraction of sp³-hybridized carbons (Fsp3) is 0.714. The zero-order chi connectivity index (χ0) is 12.0. The molecular weight excluding hydrogens is 204 g/mol. The van der Waals surface area contributed by atoms with E-state index in [4.69, 9.17) is 5.73 Å². The van der Waals surface area contributed by atoms with Crippen molar-refractivity contribution in [3.05, 3.63) is 31.9 Å². The summed E-state index contributed by atoms with van der Waals surface area (Å²) >= 11 is 0. The number of hydrogen-bond donors (Lipinski definition) is 2. The van der Waals surface area contributed by atoms with E-state index in [0.29, 0.717) is 12.8 Å². The van der Waals surface area contributed by atoms with Gasteiger partial charge in [-0.2, -0.15) is 0 Å². The maximum absolute atomic E-state index is 10.3. The van der Waals surface area contributed by atoms with Gasteiger partial charge in [-0.15, -0.1) is 0 Å². The highest BCUT2D eigenvalue weighted by Crippen LogP contribution is 2.03. The van der Waals surface area contributed by atoms with E-state index < -0.39 is 21.5 Å². The van der Waals surface area contributed by atoms with Crippen molar-refractivity contribution in [2.45, 2.75) is 32.7 Å². The van der Waals surface area contributed by atoms with Crippen molar-refractivity contribution in [3.8, 4) is 0 Å². The van der Waals surface area contributed by atoms with Gasteiger partial charge in [0.25, 0.3) is 5.82 Å². The molecule has 0 heterocycles. The van der Waals surface area contributed by atoms with Crippen LogP contribution in [0, 0.1) is 20.2 Å². The Bertz CT molecular complexity index is 269. The van der Waals surface area contributed by atoms with Gasteiger partial charge in [0, 0.05) is 6.04 Å². The average molecular weight is 218 g/mol. The van der Waals surface area contributed by atoms with Gasteiger partial charge >= 0.3 is 5.82 Å². The van der Waals surface area contributed by atoms with Crippen LogP contribution in [0.3, 0.4) is 0 Å². The summed E-state index contributed by atoms with van der Waals surface area (Å²) in [5.41, 5.74) is 5.26. The molecule has 0 aromatic heterocycles. The van der Waals surface area contributed by atoms with Crippen molar-refractivity contribution in [1.82, 2.24) is 5.32 Å². The summed E-state index contributed by atoms with van der Waals surface area (Å²) in [5, 5.41) is 23.2. The second-order valence-corrected chi connectivity index (χ2v) is 2.91. The SMILES string of the molecule is CCC(CC)NC(N)=C([N+](=O)[O-])[N+](=O)[O-]. The molecule has 8 nitrogen and oxygen atoms in total. The number of nitro groups is 2. The summed E-state index contributed by atoms with van der Waals surface area (Å²) in [6.07, 6.45) is 1.36. The minimum Gasteiger partial charge on any atom is -0.374 e. The Morgan fingerprint density at radius 3 is 1.93 bits per heavy atom. The lowest BCUT2D eigenvalue weighted by atomic mass is 10.2. The monoisotopic (exact) mass is 218 g/mol. The lowest BCUT2D eigenvalue weighted by molar-refractivity contribution is -0.617. The molecule has 3 N–H and O–H groups in total. The lowest BCUT2D eigenvalue weighted by Crippen LogP contribution is -2.34. The molecule has 0 unspecified atom stereocenters. The standard InChI is InChI=1S/C7H14N4O4/c1-3-5(4-2)9-6(8)7(10(12)13)11(14)15/h5,9H,3-4,8H2,1-2H3. The van der Waals surface area contributed by atoms with Crippen molar-refractivity contribution in [1.29, 1.82) is 0 Å². The maximum atomic E-state index is 10.3. The molecule has 0 saturated heterocycles. The molecule has 0 bridgehead atoms. The summed E-state index contributed by atoms with van der Waals surface area (Å²) < 4.78 is 0. The Morgan fingerprint density at radius 1 is 1.27 bits per heavy atom. The topological polar surface area (TPSA) is 124 Å². The number of nitrogens with two attached hydrogens (primary N) is 1. The molecule has 0 atom stereocenters. The number of hydrogen-bond acceptors (Lipinski definition) is 6. The van der Waals surface area contributed by atoms with Crippen LogP contribution < -0.4 is 11.1 Å². The van der Waals surface area contributed by atoms with E-state index in [1.54, 1.807) is 0 Å². The molecular formula is C7H14N4O4. The van der Waals surface area contributed by atoms with E-state index in [9.17, 15) is 20.2 Å². The number of nitrogens with one attached hydrogen (secondary N) is 1. The van der Waals surface area contributed by atoms with Gasteiger partial charge in [-0.25, -0.2) is 0 Å². The molecule has 0 aromatic carbocycles. The van der Waals surface area contributed by atoms with Crippen LogP contribution in [-0.4, -0.2) is 15.9 Å². The Kier molecular flexibility index (Phi) is 5.07. The van der Waals surface area contributed by atoms with Crippen molar-refractivity contribution >= 4 is 0 Å². The van der Waals surface area contributed by atoms with Crippen LogP contribution in [0.2, 0.25) is 0 Å². The molecule has 0 aliphatic carbocycles. The first kappa shape index (κ1) is 13.1. The van der Waals surface area contributed by atoms with Gasteiger partial charge < -0.3 is 11.1 Å². The third-order valence-electron chi connectivity index (χ3n) is 1.93. The van der Waals surface area contributed by atoms with E-state index in [-0.39, 0.29) is 6.04 Å². The summed E-state index contributed by atoms with van der Waals surface area (Å²) in [5.74, 6) is -1.71. The molecule has 0 aromatic rings. The molecule has 0 radical (unpaired) electrons. The summed E-state index contributed by atoms with van der Waals surface area (Å²) in [6, 6.07) is -0.0973. The van der Waals surface area contributed by atoms with Crippen molar-refractivity contribution < 1.29 is 9.85 Å². The van der Waals surface area contributed by atoms with Crippen molar-refractivity contribution in [3.63, 3.8) is 0 Å². The molecule has 0 aliphatic heterocycles. The highest BCUT2D eigenvalue weighted by atomic mass is 16.7. The first-order valence-electron chi connectivity index (χ1n) is 4.49. The quantitative estimate of drug-likeness (QED) is 0.491. The van der Waals surface area contributed by atoms with Gasteiger partial charge in [-0.3, -0.25) is 20.2 Å². The van der Waals surface area contributed by atoms with Crippen LogP contribution in [0.4, 0.5) is 0 Å². The molecule has 0 fully saturated rings. The molecule has 0 saturated carbocycles. The normalized spacial score (nSPS) is 9.80.